The average Bonchev–Trinajstić information content (AvgIpc) is 3.37. The van der Waals surface area contributed by atoms with E-state index in [0.29, 0.717) is 5.92 Å². The molecule has 0 spiro atoms. The highest BCUT2D eigenvalue weighted by Crippen LogP contribution is 2.40. The van der Waals surface area contributed by atoms with Crippen LogP contribution in [0.3, 0.4) is 0 Å². The van der Waals surface area contributed by atoms with Gasteiger partial charge in [0.2, 0.25) is 0 Å². The first-order valence-electron chi connectivity index (χ1n) is 7.60. The molecule has 0 radical (unpaired) electrons. The van der Waals surface area contributed by atoms with Gasteiger partial charge in [0.25, 0.3) is 0 Å². The molecular formula is C17H21N3O. The highest BCUT2D eigenvalue weighted by molar-refractivity contribution is 5.60. The van der Waals surface area contributed by atoms with Crippen molar-refractivity contribution >= 4 is 5.82 Å². The van der Waals surface area contributed by atoms with Gasteiger partial charge in [-0.25, -0.2) is 9.97 Å². The summed E-state index contributed by atoms with van der Waals surface area (Å²) in [5, 5.41) is 3.13. The van der Waals surface area contributed by atoms with Gasteiger partial charge >= 0.3 is 0 Å². The molecule has 1 aromatic heterocycles. The molecule has 1 aromatic carbocycles. The van der Waals surface area contributed by atoms with Crippen LogP contribution in [0.15, 0.2) is 30.3 Å². The van der Waals surface area contributed by atoms with E-state index in [1.807, 2.05) is 31.3 Å². The molecule has 0 atom stereocenters. The lowest BCUT2D eigenvalue weighted by atomic mass is 10.2. The number of nitrogens with one attached hydrogen (secondary N) is 1. The molecule has 1 saturated carbocycles. The first kappa shape index (κ1) is 13.9. The summed E-state index contributed by atoms with van der Waals surface area (Å²) in [6.45, 7) is 2.83. The van der Waals surface area contributed by atoms with Gasteiger partial charge in [0.15, 0.2) is 5.82 Å². The fourth-order valence-electron chi connectivity index (χ4n) is 2.26. The summed E-state index contributed by atoms with van der Waals surface area (Å²) in [7, 11) is 1.89. The van der Waals surface area contributed by atoms with Crippen LogP contribution < -0.4 is 10.1 Å². The van der Waals surface area contributed by atoms with Crippen molar-refractivity contribution in [2.45, 2.75) is 32.1 Å². The van der Waals surface area contributed by atoms with Crippen molar-refractivity contribution in [3.63, 3.8) is 0 Å². The average molecular weight is 283 g/mol. The molecule has 0 aliphatic heterocycles. The van der Waals surface area contributed by atoms with Gasteiger partial charge in [-0.05, 0) is 31.4 Å². The SMILES string of the molecule is CCCOc1cccc(-c2nc(NC)cc(C3CC3)n2)c1. The minimum absolute atomic E-state index is 0.610. The Balaban J connectivity index is 1.93. The number of anilines is 1. The van der Waals surface area contributed by atoms with E-state index in [4.69, 9.17) is 9.72 Å². The van der Waals surface area contributed by atoms with Crippen molar-refractivity contribution in [3.05, 3.63) is 36.0 Å². The number of hydrogen-bond acceptors (Lipinski definition) is 4. The Morgan fingerprint density at radius 2 is 2.10 bits per heavy atom. The van der Waals surface area contributed by atoms with Gasteiger partial charge in [-0.15, -0.1) is 0 Å². The van der Waals surface area contributed by atoms with E-state index in [0.717, 1.165) is 41.7 Å². The summed E-state index contributed by atoms with van der Waals surface area (Å²) < 4.78 is 5.69. The Morgan fingerprint density at radius 1 is 1.24 bits per heavy atom. The minimum Gasteiger partial charge on any atom is -0.494 e. The van der Waals surface area contributed by atoms with Crippen LogP contribution in [0.25, 0.3) is 11.4 Å². The molecule has 1 heterocycles. The standard InChI is InChI=1S/C17H21N3O/c1-3-9-21-14-6-4-5-13(10-14)17-19-15(12-7-8-12)11-16(18-2)20-17/h4-6,10-12H,3,7-9H2,1-2H3,(H,18,19,20). The van der Waals surface area contributed by atoms with Crippen LogP contribution in [0.4, 0.5) is 5.82 Å². The molecule has 3 rings (SSSR count). The zero-order valence-corrected chi connectivity index (χ0v) is 12.6. The molecule has 1 N–H and O–H groups in total. The van der Waals surface area contributed by atoms with Crippen LogP contribution in [-0.2, 0) is 0 Å². The number of ether oxygens (including phenoxy) is 1. The van der Waals surface area contributed by atoms with E-state index in [2.05, 4.69) is 23.3 Å². The van der Waals surface area contributed by atoms with E-state index in [1.165, 1.54) is 12.8 Å². The van der Waals surface area contributed by atoms with Crippen LogP contribution in [0.5, 0.6) is 5.75 Å². The molecule has 1 aliphatic rings. The predicted molar refractivity (Wildman–Crippen MR) is 84.8 cm³/mol. The monoisotopic (exact) mass is 283 g/mol. The number of nitrogens with zero attached hydrogens (tertiary/aromatic N) is 2. The highest BCUT2D eigenvalue weighted by atomic mass is 16.5. The molecule has 110 valence electrons. The van der Waals surface area contributed by atoms with Crippen molar-refractivity contribution in [3.8, 4) is 17.1 Å². The molecule has 1 aliphatic carbocycles. The van der Waals surface area contributed by atoms with Crippen molar-refractivity contribution < 1.29 is 4.74 Å². The Kier molecular flexibility index (Phi) is 4.04. The normalized spacial score (nSPS) is 14.0. The number of benzene rings is 1. The summed E-state index contributed by atoms with van der Waals surface area (Å²) >= 11 is 0. The third kappa shape index (κ3) is 3.32. The second-order valence-electron chi connectivity index (χ2n) is 5.40. The third-order valence-corrected chi connectivity index (χ3v) is 3.56. The molecule has 0 saturated heterocycles. The lowest BCUT2D eigenvalue weighted by Gasteiger charge is -2.09. The summed E-state index contributed by atoms with van der Waals surface area (Å²) in [6.07, 6.45) is 3.47. The first-order chi connectivity index (χ1) is 10.3. The lowest BCUT2D eigenvalue weighted by Crippen LogP contribution is -2.01. The second-order valence-corrected chi connectivity index (χ2v) is 5.40. The Morgan fingerprint density at radius 3 is 2.81 bits per heavy atom. The molecule has 0 amide bonds. The van der Waals surface area contributed by atoms with Gasteiger partial charge in [-0.3, -0.25) is 0 Å². The van der Waals surface area contributed by atoms with Gasteiger partial charge in [0.05, 0.1) is 6.61 Å². The quantitative estimate of drug-likeness (QED) is 0.874. The summed E-state index contributed by atoms with van der Waals surface area (Å²) in [4.78, 5) is 9.30. The van der Waals surface area contributed by atoms with Gasteiger partial charge in [0.1, 0.15) is 11.6 Å². The molecule has 0 unspecified atom stereocenters. The maximum absolute atomic E-state index is 5.69. The van der Waals surface area contributed by atoms with E-state index in [9.17, 15) is 0 Å². The van der Waals surface area contributed by atoms with Crippen molar-refractivity contribution in [1.82, 2.24) is 9.97 Å². The third-order valence-electron chi connectivity index (χ3n) is 3.56. The summed E-state index contributed by atoms with van der Waals surface area (Å²) in [6, 6.07) is 10.1. The fraction of sp³-hybridized carbons (Fsp3) is 0.412. The van der Waals surface area contributed by atoms with Crippen molar-refractivity contribution in [1.29, 1.82) is 0 Å². The minimum atomic E-state index is 0.610. The van der Waals surface area contributed by atoms with Gasteiger partial charge in [-0.1, -0.05) is 19.1 Å². The fourth-order valence-corrected chi connectivity index (χ4v) is 2.26. The Bertz CT molecular complexity index is 623. The van der Waals surface area contributed by atoms with Crippen molar-refractivity contribution in [2.24, 2.45) is 0 Å². The molecule has 2 aromatic rings. The van der Waals surface area contributed by atoms with E-state index >= 15 is 0 Å². The van der Waals surface area contributed by atoms with Crippen LogP contribution in [0.2, 0.25) is 0 Å². The van der Waals surface area contributed by atoms with Crippen molar-refractivity contribution in [2.75, 3.05) is 19.0 Å². The van der Waals surface area contributed by atoms with Gasteiger partial charge < -0.3 is 10.1 Å². The van der Waals surface area contributed by atoms with Crippen LogP contribution in [0, 0.1) is 0 Å². The van der Waals surface area contributed by atoms with Crippen LogP contribution in [-0.4, -0.2) is 23.6 Å². The van der Waals surface area contributed by atoms with E-state index in [1.54, 1.807) is 0 Å². The van der Waals surface area contributed by atoms with E-state index < -0.39 is 0 Å². The summed E-state index contributed by atoms with van der Waals surface area (Å²) in [5.74, 6) is 3.13. The maximum Gasteiger partial charge on any atom is 0.161 e. The Labute approximate surface area is 125 Å². The zero-order valence-electron chi connectivity index (χ0n) is 12.6. The number of rotatable bonds is 6. The van der Waals surface area contributed by atoms with Gasteiger partial charge in [-0.2, -0.15) is 0 Å². The lowest BCUT2D eigenvalue weighted by molar-refractivity contribution is 0.317. The predicted octanol–water partition coefficient (Wildman–Crippen LogP) is 3.85. The Hall–Kier alpha value is -2.10. The van der Waals surface area contributed by atoms with E-state index in [-0.39, 0.29) is 0 Å². The topological polar surface area (TPSA) is 47.0 Å². The molecule has 1 fully saturated rings. The zero-order chi connectivity index (χ0) is 14.7. The van der Waals surface area contributed by atoms with Crippen LogP contribution >= 0.6 is 0 Å². The molecule has 4 nitrogen and oxygen atoms in total. The largest absolute Gasteiger partial charge is 0.494 e. The summed E-state index contributed by atoms with van der Waals surface area (Å²) in [5.41, 5.74) is 2.15. The smallest absolute Gasteiger partial charge is 0.161 e. The second kappa shape index (κ2) is 6.12. The molecular weight excluding hydrogens is 262 g/mol. The molecule has 4 heteroatoms. The molecule has 0 bridgehead atoms. The van der Waals surface area contributed by atoms with Gasteiger partial charge in [0, 0.05) is 30.3 Å². The van der Waals surface area contributed by atoms with Crippen LogP contribution in [0.1, 0.15) is 37.8 Å². The number of hydrogen-bond donors (Lipinski definition) is 1. The first-order valence-corrected chi connectivity index (χ1v) is 7.60. The highest BCUT2D eigenvalue weighted by Gasteiger charge is 2.26. The maximum atomic E-state index is 5.69. The number of aromatic nitrogens is 2. The molecule has 21 heavy (non-hydrogen) atoms.